The highest BCUT2D eigenvalue weighted by molar-refractivity contribution is 5.98. The number of hydrogen-bond donors (Lipinski definition) is 1. The van der Waals surface area contributed by atoms with Crippen molar-refractivity contribution in [1.29, 1.82) is 0 Å². The Morgan fingerprint density at radius 2 is 1.89 bits per heavy atom. The number of amides is 3. The molecule has 3 amide bonds. The molecule has 0 fully saturated rings. The van der Waals surface area contributed by atoms with Crippen molar-refractivity contribution in [2.75, 3.05) is 39.2 Å². The summed E-state index contributed by atoms with van der Waals surface area (Å²) in [5, 5.41) is 2.77. The maximum atomic E-state index is 14.5. The molecule has 8 nitrogen and oxygen atoms in total. The number of nitrogens with zero attached hydrogens (tertiary/aromatic N) is 2. The van der Waals surface area contributed by atoms with Crippen LogP contribution in [0.3, 0.4) is 0 Å². The lowest BCUT2D eigenvalue weighted by atomic mass is 10.0. The van der Waals surface area contributed by atoms with Crippen LogP contribution in [0, 0.1) is 11.7 Å². The second kappa shape index (κ2) is 12.0. The smallest absolute Gasteiger partial charge is 0.257 e. The van der Waals surface area contributed by atoms with Gasteiger partial charge in [0.1, 0.15) is 18.2 Å². The van der Waals surface area contributed by atoms with E-state index in [4.69, 9.17) is 9.47 Å². The van der Waals surface area contributed by atoms with Crippen molar-refractivity contribution in [3.63, 3.8) is 0 Å². The van der Waals surface area contributed by atoms with Crippen molar-refractivity contribution in [2.45, 2.75) is 39.3 Å². The summed E-state index contributed by atoms with van der Waals surface area (Å²) in [5.74, 6) is -1.33. The molecule has 0 bridgehead atoms. The van der Waals surface area contributed by atoms with Crippen LogP contribution in [0.2, 0.25) is 0 Å². The Bertz CT molecular complexity index is 1110. The van der Waals surface area contributed by atoms with Crippen molar-refractivity contribution in [3.8, 4) is 5.75 Å². The molecule has 0 aromatic heterocycles. The van der Waals surface area contributed by atoms with Gasteiger partial charge in [-0.3, -0.25) is 14.4 Å². The van der Waals surface area contributed by atoms with E-state index in [0.717, 1.165) is 0 Å². The first-order chi connectivity index (χ1) is 17.2. The third-order valence-corrected chi connectivity index (χ3v) is 6.42. The van der Waals surface area contributed by atoms with Gasteiger partial charge in [0, 0.05) is 51.3 Å². The van der Waals surface area contributed by atoms with E-state index in [2.05, 4.69) is 5.32 Å². The Balaban J connectivity index is 2.01. The van der Waals surface area contributed by atoms with Gasteiger partial charge < -0.3 is 24.6 Å². The Morgan fingerprint density at radius 3 is 2.56 bits per heavy atom. The van der Waals surface area contributed by atoms with E-state index in [1.165, 1.54) is 18.2 Å². The van der Waals surface area contributed by atoms with Crippen LogP contribution in [0.5, 0.6) is 5.75 Å². The molecule has 2 aromatic carbocycles. The van der Waals surface area contributed by atoms with Crippen LogP contribution in [-0.2, 0) is 9.53 Å². The number of likely N-dealkylation sites (N-methyl/N-ethyl adjacent to an activating group) is 1. The molecule has 36 heavy (non-hydrogen) atoms. The molecule has 1 aliphatic rings. The highest BCUT2D eigenvalue weighted by atomic mass is 19.1. The van der Waals surface area contributed by atoms with E-state index in [1.54, 1.807) is 55.1 Å². The highest BCUT2D eigenvalue weighted by Gasteiger charge is 2.31. The summed E-state index contributed by atoms with van der Waals surface area (Å²) in [7, 11) is 3.24. The molecular weight excluding hydrogens is 465 g/mol. The first kappa shape index (κ1) is 27.1. The zero-order valence-corrected chi connectivity index (χ0v) is 21.4. The summed E-state index contributed by atoms with van der Waals surface area (Å²) in [6.45, 7) is 6.10. The lowest BCUT2D eigenvalue weighted by Crippen LogP contribution is -2.48. The molecule has 0 spiro atoms. The van der Waals surface area contributed by atoms with Crippen LogP contribution in [0.4, 0.5) is 10.1 Å². The van der Waals surface area contributed by atoms with Crippen LogP contribution in [0.1, 0.15) is 47.9 Å². The quantitative estimate of drug-likeness (QED) is 0.691. The third kappa shape index (κ3) is 6.20. The number of halogens is 1. The lowest BCUT2D eigenvalue weighted by Gasteiger charge is -2.36. The summed E-state index contributed by atoms with van der Waals surface area (Å²) >= 11 is 0. The fourth-order valence-electron chi connectivity index (χ4n) is 4.17. The summed E-state index contributed by atoms with van der Waals surface area (Å²) < 4.78 is 26.3. The van der Waals surface area contributed by atoms with Crippen LogP contribution in [0.25, 0.3) is 0 Å². The molecule has 194 valence electrons. The van der Waals surface area contributed by atoms with E-state index < -0.39 is 17.8 Å². The largest absolute Gasteiger partial charge is 0.491 e. The fraction of sp³-hybridized carbons (Fsp3) is 0.444. The molecule has 3 rings (SSSR count). The number of fused-ring (bicyclic) bond motifs is 1. The number of ether oxygens (including phenoxy) is 2. The van der Waals surface area contributed by atoms with Crippen LogP contribution in [-0.4, -0.2) is 73.5 Å². The minimum atomic E-state index is -0.593. The number of anilines is 1. The second-order valence-electron chi connectivity index (χ2n) is 9.15. The monoisotopic (exact) mass is 499 g/mol. The Morgan fingerprint density at radius 1 is 1.17 bits per heavy atom. The molecule has 2 aromatic rings. The van der Waals surface area contributed by atoms with Crippen molar-refractivity contribution in [2.24, 2.45) is 5.92 Å². The SMILES string of the molecule is CCC(=O)Nc1ccc2c(c1)OC[C@H](C)N(C(=O)c1ccccc1F)C[C@@H](C)[C@H](OC)CN(C)C2=O. The molecule has 1 aliphatic heterocycles. The molecule has 0 aliphatic carbocycles. The van der Waals surface area contributed by atoms with Gasteiger partial charge in [0.25, 0.3) is 11.8 Å². The number of hydrogen-bond acceptors (Lipinski definition) is 5. The Hall–Kier alpha value is -3.46. The van der Waals surface area contributed by atoms with Crippen LogP contribution < -0.4 is 10.1 Å². The zero-order chi connectivity index (χ0) is 26.4. The van der Waals surface area contributed by atoms with Gasteiger partial charge in [-0.15, -0.1) is 0 Å². The predicted octanol–water partition coefficient (Wildman–Crippen LogP) is 3.82. The van der Waals surface area contributed by atoms with Gasteiger partial charge >= 0.3 is 0 Å². The highest BCUT2D eigenvalue weighted by Crippen LogP contribution is 2.27. The normalized spacial score (nSPS) is 21.1. The maximum Gasteiger partial charge on any atom is 0.257 e. The topological polar surface area (TPSA) is 88.2 Å². The fourth-order valence-corrected chi connectivity index (χ4v) is 4.17. The Kier molecular flexibility index (Phi) is 9.03. The van der Waals surface area contributed by atoms with Gasteiger partial charge in [0.15, 0.2) is 0 Å². The van der Waals surface area contributed by atoms with E-state index in [0.29, 0.717) is 17.7 Å². The minimum absolute atomic E-state index is 0.0186. The maximum absolute atomic E-state index is 14.5. The average Bonchev–Trinajstić information content (AvgIpc) is 2.87. The van der Waals surface area contributed by atoms with Gasteiger partial charge in [0.05, 0.1) is 23.3 Å². The molecule has 3 atom stereocenters. The van der Waals surface area contributed by atoms with Gasteiger partial charge in [-0.1, -0.05) is 26.0 Å². The molecule has 1 N–H and O–H groups in total. The van der Waals surface area contributed by atoms with E-state index in [1.807, 2.05) is 13.8 Å². The Labute approximate surface area is 211 Å². The molecule has 0 radical (unpaired) electrons. The number of carbonyl (C=O) groups is 3. The van der Waals surface area contributed by atoms with Crippen molar-refractivity contribution < 1.29 is 28.2 Å². The van der Waals surface area contributed by atoms with E-state index >= 15 is 0 Å². The van der Waals surface area contributed by atoms with Gasteiger partial charge in [-0.2, -0.15) is 0 Å². The standard InChI is InChI=1S/C27H34FN3O5/c1-6-25(32)29-19-11-12-21-23(13-19)36-16-18(3)31(27(34)20-9-7-8-10-22(20)28)14-17(2)24(35-5)15-30(4)26(21)33/h7-13,17-18,24H,6,14-16H2,1-5H3,(H,29,32)/t17-,18+,24-/m1/s1. The number of nitrogens with one attached hydrogen (secondary N) is 1. The summed E-state index contributed by atoms with van der Waals surface area (Å²) in [4.78, 5) is 41.7. The zero-order valence-electron chi connectivity index (χ0n) is 21.4. The van der Waals surface area contributed by atoms with Crippen molar-refractivity contribution in [1.82, 2.24) is 9.80 Å². The number of methoxy groups -OCH3 is 1. The van der Waals surface area contributed by atoms with Crippen molar-refractivity contribution >= 4 is 23.4 Å². The van der Waals surface area contributed by atoms with Gasteiger partial charge in [-0.25, -0.2) is 4.39 Å². The molecule has 0 saturated carbocycles. The first-order valence-corrected chi connectivity index (χ1v) is 12.1. The van der Waals surface area contributed by atoms with Gasteiger partial charge in [-0.05, 0) is 31.2 Å². The first-order valence-electron chi connectivity index (χ1n) is 12.1. The van der Waals surface area contributed by atoms with Crippen molar-refractivity contribution in [3.05, 3.63) is 59.4 Å². The molecular formula is C27H34FN3O5. The third-order valence-electron chi connectivity index (χ3n) is 6.42. The van der Waals surface area contributed by atoms with Gasteiger partial charge in [0.2, 0.25) is 5.91 Å². The molecule has 9 heteroatoms. The number of rotatable bonds is 4. The molecule has 0 saturated heterocycles. The van der Waals surface area contributed by atoms with Crippen LogP contribution in [0.15, 0.2) is 42.5 Å². The summed E-state index contributed by atoms with van der Waals surface area (Å²) in [6, 6.07) is 10.3. The number of carbonyl (C=O) groups excluding carboxylic acids is 3. The molecule has 0 unspecified atom stereocenters. The average molecular weight is 500 g/mol. The minimum Gasteiger partial charge on any atom is -0.491 e. The van der Waals surface area contributed by atoms with E-state index in [-0.39, 0.29) is 54.8 Å². The van der Waals surface area contributed by atoms with Crippen LogP contribution >= 0.6 is 0 Å². The summed E-state index contributed by atoms with van der Waals surface area (Å²) in [6.07, 6.45) is -0.0608. The second-order valence-corrected chi connectivity index (χ2v) is 9.15. The summed E-state index contributed by atoms with van der Waals surface area (Å²) in [5.41, 5.74) is 0.808. The molecule has 1 heterocycles. The lowest BCUT2D eigenvalue weighted by molar-refractivity contribution is -0.115. The van der Waals surface area contributed by atoms with E-state index in [9.17, 15) is 18.8 Å². The number of benzene rings is 2. The predicted molar refractivity (Wildman–Crippen MR) is 135 cm³/mol.